The van der Waals surface area contributed by atoms with E-state index in [1.165, 1.54) is 0 Å². The normalized spacial score (nSPS) is 11.6. The Morgan fingerprint density at radius 2 is 1.90 bits per heavy atom. The van der Waals surface area contributed by atoms with Gasteiger partial charge in [0.25, 0.3) is 0 Å². The van der Waals surface area contributed by atoms with E-state index in [0.717, 1.165) is 17.6 Å². The van der Waals surface area contributed by atoms with Crippen molar-refractivity contribution in [1.29, 1.82) is 0 Å². The second kappa shape index (κ2) is 4.19. The Kier molecular flexibility index (Phi) is 4.29. The van der Waals surface area contributed by atoms with Crippen molar-refractivity contribution < 1.29 is 4.74 Å². The summed E-state index contributed by atoms with van der Waals surface area (Å²) in [6, 6.07) is 0. The van der Waals surface area contributed by atoms with Gasteiger partial charge >= 0.3 is 66.4 Å². The maximum absolute atomic E-state index is 5.44. The first kappa shape index (κ1) is 10.2. The molecule has 10 heavy (non-hydrogen) atoms. The van der Waals surface area contributed by atoms with E-state index in [9.17, 15) is 0 Å². The molecule has 60 valence electrons. The van der Waals surface area contributed by atoms with Gasteiger partial charge in [-0.2, -0.15) is 0 Å². The summed E-state index contributed by atoms with van der Waals surface area (Å²) in [4.78, 5) is 0. The van der Waals surface area contributed by atoms with Crippen molar-refractivity contribution in [3.63, 3.8) is 0 Å². The first-order chi connectivity index (χ1) is 4.42. The van der Waals surface area contributed by atoms with Crippen LogP contribution < -0.4 is 0 Å². The van der Waals surface area contributed by atoms with Crippen LogP contribution in [0.5, 0.6) is 0 Å². The Labute approximate surface area is 66.8 Å². The number of hydrogen-bond donors (Lipinski definition) is 0. The zero-order valence-electron chi connectivity index (χ0n) is 7.53. The average molecular weight is 203 g/mol. The number of rotatable bonds is 4. The van der Waals surface area contributed by atoms with Gasteiger partial charge in [0.2, 0.25) is 0 Å². The molecule has 0 aromatic rings. The van der Waals surface area contributed by atoms with Crippen molar-refractivity contribution in [2.75, 3.05) is 12.0 Å². The average Bonchev–Trinajstić information content (AvgIpc) is 1.59. The molecule has 0 aliphatic heterocycles. The topological polar surface area (TPSA) is 9.23 Å². The van der Waals surface area contributed by atoms with E-state index >= 15 is 0 Å². The minimum atomic E-state index is -1.43. The summed E-state index contributed by atoms with van der Waals surface area (Å²) in [5.41, 5.74) is 2.11. The minimum absolute atomic E-state index is 0.739. The summed E-state index contributed by atoms with van der Waals surface area (Å²) in [5, 5.41) is 0. The first-order valence-electron chi connectivity index (χ1n) is 3.64. The fourth-order valence-electron chi connectivity index (χ4n) is 0.531. The Morgan fingerprint density at radius 1 is 1.40 bits per heavy atom. The van der Waals surface area contributed by atoms with E-state index in [-0.39, 0.29) is 0 Å². The van der Waals surface area contributed by atoms with Gasteiger partial charge in [-0.15, -0.1) is 0 Å². The Hall–Kier alpha value is 0.243. The van der Waals surface area contributed by atoms with Gasteiger partial charge in [-0.25, -0.2) is 0 Å². The van der Waals surface area contributed by atoms with Crippen molar-refractivity contribution in [2.24, 2.45) is 0 Å². The second-order valence-corrected chi connectivity index (χ2v) is 15.4. The molecular weight excluding hydrogens is 185 g/mol. The summed E-state index contributed by atoms with van der Waals surface area (Å²) < 4.78 is 5.44. The molecule has 0 radical (unpaired) electrons. The van der Waals surface area contributed by atoms with Crippen LogP contribution in [0.15, 0.2) is 12.2 Å². The third kappa shape index (κ3) is 8.24. The van der Waals surface area contributed by atoms with Crippen LogP contribution in [-0.4, -0.2) is 25.3 Å². The van der Waals surface area contributed by atoms with Crippen molar-refractivity contribution in [2.45, 2.75) is 24.2 Å². The van der Waals surface area contributed by atoms with Crippen molar-refractivity contribution >= 4 is 13.3 Å². The Bertz CT molecular complexity index is 113. The molecule has 0 heterocycles. The van der Waals surface area contributed by atoms with Crippen LogP contribution in [0.4, 0.5) is 0 Å². The standard InChI is InChI=1S/C8H18GeO/c1-8(2)6-10-7-9(3,4)5/h1,6-7H2,2-5H3. The molecular formula is C8H18GeO. The Balaban J connectivity index is 3.29. The van der Waals surface area contributed by atoms with Crippen molar-refractivity contribution in [1.82, 2.24) is 0 Å². The van der Waals surface area contributed by atoms with E-state index in [1.807, 2.05) is 6.92 Å². The number of ether oxygens (including phenoxy) is 1. The molecule has 0 atom stereocenters. The summed E-state index contributed by atoms with van der Waals surface area (Å²) in [6.45, 7) is 6.50. The molecule has 0 bridgehead atoms. The van der Waals surface area contributed by atoms with Crippen LogP contribution in [0.1, 0.15) is 6.92 Å². The van der Waals surface area contributed by atoms with Crippen LogP contribution in [0.25, 0.3) is 0 Å². The van der Waals surface area contributed by atoms with Crippen LogP contribution >= 0.6 is 0 Å². The monoisotopic (exact) mass is 204 g/mol. The van der Waals surface area contributed by atoms with E-state index in [2.05, 4.69) is 23.8 Å². The molecule has 0 spiro atoms. The zero-order valence-corrected chi connectivity index (χ0v) is 9.63. The SMILES string of the molecule is C=C(C)CO[CH2][Ge]([CH3])([CH3])[CH3]. The predicted octanol–water partition coefficient (Wildman–Crippen LogP) is 2.46. The van der Waals surface area contributed by atoms with Crippen LogP contribution in [0.3, 0.4) is 0 Å². The van der Waals surface area contributed by atoms with Gasteiger partial charge in [0.1, 0.15) is 0 Å². The molecule has 0 unspecified atom stereocenters. The van der Waals surface area contributed by atoms with E-state index < -0.39 is 13.3 Å². The van der Waals surface area contributed by atoms with Gasteiger partial charge in [-0.3, -0.25) is 0 Å². The third-order valence-corrected chi connectivity index (χ3v) is 3.13. The van der Waals surface area contributed by atoms with Crippen LogP contribution in [-0.2, 0) is 4.74 Å². The van der Waals surface area contributed by atoms with Gasteiger partial charge in [0.15, 0.2) is 0 Å². The molecule has 0 N–H and O–H groups in total. The molecule has 0 saturated carbocycles. The molecule has 0 rings (SSSR count). The molecule has 0 aromatic heterocycles. The van der Waals surface area contributed by atoms with Crippen molar-refractivity contribution in [3.8, 4) is 0 Å². The van der Waals surface area contributed by atoms with E-state index in [4.69, 9.17) is 4.74 Å². The van der Waals surface area contributed by atoms with Gasteiger partial charge < -0.3 is 0 Å². The molecule has 0 aliphatic rings. The van der Waals surface area contributed by atoms with E-state index in [0.29, 0.717) is 0 Å². The molecule has 2 heteroatoms. The molecule has 1 nitrogen and oxygen atoms in total. The fourth-order valence-corrected chi connectivity index (χ4v) is 2.03. The summed E-state index contributed by atoms with van der Waals surface area (Å²) in [5.74, 6) is 7.04. The van der Waals surface area contributed by atoms with Crippen LogP contribution in [0.2, 0.25) is 17.3 Å². The van der Waals surface area contributed by atoms with Crippen LogP contribution in [0, 0.1) is 0 Å². The van der Waals surface area contributed by atoms with E-state index in [1.54, 1.807) is 0 Å². The quantitative estimate of drug-likeness (QED) is 0.503. The molecule has 0 aliphatic carbocycles. The first-order valence-corrected chi connectivity index (χ1v) is 11.4. The molecule has 0 fully saturated rings. The van der Waals surface area contributed by atoms with Crippen molar-refractivity contribution in [3.05, 3.63) is 12.2 Å². The summed E-state index contributed by atoms with van der Waals surface area (Å²) in [6.07, 6.45) is 0. The second-order valence-electron chi connectivity index (χ2n) is 4.01. The fraction of sp³-hybridized carbons (Fsp3) is 0.750. The molecule has 0 saturated heterocycles. The third-order valence-electron chi connectivity index (χ3n) is 0.884. The van der Waals surface area contributed by atoms with Gasteiger partial charge in [-0.1, -0.05) is 0 Å². The van der Waals surface area contributed by atoms with Gasteiger partial charge in [0.05, 0.1) is 0 Å². The summed E-state index contributed by atoms with van der Waals surface area (Å²) in [7, 11) is 0. The van der Waals surface area contributed by atoms with Gasteiger partial charge in [-0.05, 0) is 0 Å². The predicted molar refractivity (Wildman–Crippen MR) is 49.0 cm³/mol. The Morgan fingerprint density at radius 3 is 2.20 bits per heavy atom. The molecule has 0 amide bonds. The zero-order chi connectivity index (χ0) is 8.20. The molecule has 0 aromatic carbocycles. The maximum atomic E-state index is 5.44. The van der Waals surface area contributed by atoms with Gasteiger partial charge in [0, 0.05) is 0 Å². The summed E-state index contributed by atoms with van der Waals surface area (Å²) >= 11 is -1.43. The number of hydrogen-bond acceptors (Lipinski definition) is 1.